The zero-order valence-corrected chi connectivity index (χ0v) is 18.7. The maximum absolute atomic E-state index is 13.0. The second kappa shape index (κ2) is 8.28. The van der Waals surface area contributed by atoms with Crippen LogP contribution in [0.3, 0.4) is 0 Å². The van der Waals surface area contributed by atoms with Crippen LogP contribution in [0.5, 0.6) is 0 Å². The topological polar surface area (TPSA) is 76.2 Å². The molecule has 0 atom stereocenters. The van der Waals surface area contributed by atoms with Gasteiger partial charge in [0.15, 0.2) is 0 Å². The number of hydrogen-bond acceptors (Lipinski definition) is 4. The first-order chi connectivity index (χ1) is 15.6. The van der Waals surface area contributed by atoms with Gasteiger partial charge in [0.1, 0.15) is 5.82 Å². The summed E-state index contributed by atoms with van der Waals surface area (Å²) in [6, 6.07) is 15.8. The summed E-state index contributed by atoms with van der Waals surface area (Å²) in [5.74, 6) is 0.457. The lowest BCUT2D eigenvalue weighted by atomic mass is 10.0. The number of nitrogens with two attached hydrogens (primary N) is 1. The summed E-state index contributed by atoms with van der Waals surface area (Å²) in [7, 11) is 0. The number of carbonyl (C=O) groups excluding carboxylic acids is 1. The van der Waals surface area contributed by atoms with Gasteiger partial charge in [0.2, 0.25) is 0 Å². The highest BCUT2D eigenvalue weighted by Gasteiger charge is 2.23. The monoisotopic (exact) mass is 427 g/mol. The molecule has 0 spiro atoms. The Morgan fingerprint density at radius 3 is 2.78 bits per heavy atom. The van der Waals surface area contributed by atoms with Gasteiger partial charge in [-0.1, -0.05) is 13.0 Å². The highest BCUT2D eigenvalue weighted by atomic mass is 16.1. The van der Waals surface area contributed by atoms with Crippen LogP contribution in [-0.4, -0.2) is 33.4 Å². The lowest BCUT2D eigenvalue weighted by Crippen LogP contribution is -2.30. The normalized spacial score (nSPS) is 14.1. The predicted molar refractivity (Wildman–Crippen MR) is 130 cm³/mol. The van der Waals surface area contributed by atoms with Crippen LogP contribution in [0.1, 0.15) is 41.0 Å². The van der Waals surface area contributed by atoms with Gasteiger partial charge < -0.3 is 15.6 Å². The van der Waals surface area contributed by atoms with E-state index in [0.717, 1.165) is 49.1 Å². The van der Waals surface area contributed by atoms with Crippen LogP contribution in [0.25, 0.3) is 21.8 Å². The van der Waals surface area contributed by atoms with Crippen LogP contribution in [0.15, 0.2) is 48.5 Å². The molecule has 0 bridgehead atoms. The van der Waals surface area contributed by atoms with Gasteiger partial charge in [-0.25, -0.2) is 4.98 Å². The molecule has 2 aromatic carbocycles. The number of carbonyl (C=O) groups is 1. The lowest BCUT2D eigenvalue weighted by Gasteiger charge is -2.26. The standard InChI is InChI=1S/C26H29N5O/c1-3-30-12-11-24-21(16-30)20-14-19(6-9-23(20)31(24)4-2)26(32)28-15-17-5-8-22-18(13-17)7-10-25(27)29-22/h5-10,13-14H,3-4,11-12,15-16H2,1-2H3,(H2,27,29)(H,28,32). The van der Waals surface area contributed by atoms with Crippen LogP contribution in [0, 0.1) is 0 Å². The minimum atomic E-state index is -0.0522. The van der Waals surface area contributed by atoms with Crippen molar-refractivity contribution in [2.24, 2.45) is 0 Å². The molecule has 1 aliphatic heterocycles. The fraction of sp³-hybridized carbons (Fsp3) is 0.308. The third-order valence-corrected chi connectivity index (χ3v) is 6.59. The molecule has 0 unspecified atom stereocenters. The summed E-state index contributed by atoms with van der Waals surface area (Å²) < 4.78 is 2.41. The molecule has 3 N–H and O–H groups in total. The molecule has 0 saturated heterocycles. The van der Waals surface area contributed by atoms with Gasteiger partial charge in [0.25, 0.3) is 5.91 Å². The minimum absolute atomic E-state index is 0.0522. The Balaban J connectivity index is 1.39. The van der Waals surface area contributed by atoms with Crippen LogP contribution < -0.4 is 11.1 Å². The van der Waals surface area contributed by atoms with E-state index in [-0.39, 0.29) is 5.91 Å². The van der Waals surface area contributed by atoms with Gasteiger partial charge in [-0.15, -0.1) is 0 Å². The Bertz CT molecular complexity index is 1320. The van der Waals surface area contributed by atoms with Crippen LogP contribution in [0.2, 0.25) is 0 Å². The van der Waals surface area contributed by atoms with Gasteiger partial charge in [-0.3, -0.25) is 9.69 Å². The molecule has 1 aliphatic rings. The number of nitrogen functional groups attached to an aromatic ring is 1. The number of amides is 1. The average Bonchev–Trinajstić information content (AvgIpc) is 3.14. The van der Waals surface area contributed by atoms with Gasteiger partial charge in [0.05, 0.1) is 5.52 Å². The molecule has 6 nitrogen and oxygen atoms in total. The van der Waals surface area contributed by atoms with E-state index >= 15 is 0 Å². The van der Waals surface area contributed by atoms with Gasteiger partial charge >= 0.3 is 0 Å². The van der Waals surface area contributed by atoms with Crippen molar-refractivity contribution in [2.75, 3.05) is 18.8 Å². The Morgan fingerprint density at radius 1 is 1.09 bits per heavy atom. The third kappa shape index (κ3) is 3.60. The number of pyridine rings is 1. The van der Waals surface area contributed by atoms with E-state index in [1.807, 2.05) is 30.3 Å². The largest absolute Gasteiger partial charge is 0.384 e. The van der Waals surface area contributed by atoms with Gasteiger partial charge in [0, 0.05) is 60.1 Å². The zero-order valence-electron chi connectivity index (χ0n) is 18.7. The number of hydrogen-bond donors (Lipinski definition) is 2. The van der Waals surface area contributed by atoms with Crippen molar-refractivity contribution in [3.8, 4) is 0 Å². The average molecular weight is 428 g/mol. The van der Waals surface area contributed by atoms with E-state index in [1.54, 1.807) is 6.07 Å². The van der Waals surface area contributed by atoms with E-state index < -0.39 is 0 Å². The molecule has 0 saturated carbocycles. The Morgan fingerprint density at radius 2 is 1.97 bits per heavy atom. The SMILES string of the molecule is CCN1CCc2c(c3cc(C(=O)NCc4ccc5nc(N)ccc5c4)ccc3n2CC)C1. The van der Waals surface area contributed by atoms with Crippen molar-refractivity contribution < 1.29 is 4.79 Å². The summed E-state index contributed by atoms with van der Waals surface area (Å²) in [6.45, 7) is 8.92. The lowest BCUT2D eigenvalue weighted by molar-refractivity contribution is 0.0951. The first-order valence-corrected chi connectivity index (χ1v) is 11.4. The summed E-state index contributed by atoms with van der Waals surface area (Å²) in [5.41, 5.74) is 12.4. The number of rotatable bonds is 5. The molecule has 0 fully saturated rings. The number of anilines is 1. The highest BCUT2D eigenvalue weighted by Crippen LogP contribution is 2.31. The van der Waals surface area contributed by atoms with Crippen LogP contribution in [-0.2, 0) is 26.1 Å². The molecule has 0 aliphatic carbocycles. The molecule has 4 aromatic rings. The van der Waals surface area contributed by atoms with Crippen molar-refractivity contribution in [3.63, 3.8) is 0 Å². The fourth-order valence-electron chi connectivity index (χ4n) is 4.86. The quantitative estimate of drug-likeness (QED) is 0.503. The molecular weight excluding hydrogens is 398 g/mol. The summed E-state index contributed by atoms with van der Waals surface area (Å²) >= 11 is 0. The fourth-order valence-corrected chi connectivity index (χ4v) is 4.86. The first-order valence-electron chi connectivity index (χ1n) is 11.4. The second-order valence-electron chi connectivity index (χ2n) is 8.47. The molecular formula is C26H29N5O. The van der Waals surface area contributed by atoms with Gasteiger partial charge in [-0.2, -0.15) is 0 Å². The molecule has 32 heavy (non-hydrogen) atoms. The van der Waals surface area contributed by atoms with Crippen molar-refractivity contribution in [1.29, 1.82) is 0 Å². The van der Waals surface area contributed by atoms with Crippen molar-refractivity contribution in [3.05, 3.63) is 70.9 Å². The van der Waals surface area contributed by atoms with E-state index in [1.165, 1.54) is 22.2 Å². The predicted octanol–water partition coefficient (Wildman–Crippen LogP) is 4.10. The van der Waals surface area contributed by atoms with Crippen molar-refractivity contribution >= 4 is 33.5 Å². The number of nitrogens with one attached hydrogen (secondary N) is 1. The van der Waals surface area contributed by atoms with Crippen LogP contribution in [0.4, 0.5) is 5.82 Å². The Hall–Kier alpha value is -3.38. The van der Waals surface area contributed by atoms with Crippen LogP contribution >= 0.6 is 0 Å². The number of aromatic nitrogens is 2. The smallest absolute Gasteiger partial charge is 0.251 e. The molecule has 3 heterocycles. The van der Waals surface area contributed by atoms with E-state index in [2.05, 4.69) is 45.7 Å². The first kappa shape index (κ1) is 20.5. The van der Waals surface area contributed by atoms with E-state index in [9.17, 15) is 4.79 Å². The number of aryl methyl sites for hydroxylation is 1. The maximum atomic E-state index is 13.0. The molecule has 2 aromatic heterocycles. The molecule has 164 valence electrons. The second-order valence-corrected chi connectivity index (χ2v) is 8.47. The number of benzene rings is 2. The number of nitrogens with zero attached hydrogens (tertiary/aromatic N) is 3. The summed E-state index contributed by atoms with van der Waals surface area (Å²) in [6.07, 6.45) is 1.07. The highest BCUT2D eigenvalue weighted by molar-refractivity contribution is 5.99. The Kier molecular flexibility index (Phi) is 5.31. The summed E-state index contributed by atoms with van der Waals surface area (Å²) in [5, 5.41) is 5.30. The molecule has 6 heteroatoms. The summed E-state index contributed by atoms with van der Waals surface area (Å²) in [4.78, 5) is 19.8. The van der Waals surface area contributed by atoms with Crippen molar-refractivity contribution in [2.45, 2.75) is 39.9 Å². The van der Waals surface area contributed by atoms with E-state index in [4.69, 9.17) is 5.73 Å². The molecule has 5 rings (SSSR count). The van der Waals surface area contributed by atoms with Gasteiger partial charge in [-0.05, 0) is 67.1 Å². The maximum Gasteiger partial charge on any atom is 0.251 e. The Labute approximate surface area is 188 Å². The number of fused-ring (bicyclic) bond motifs is 4. The minimum Gasteiger partial charge on any atom is -0.384 e. The third-order valence-electron chi connectivity index (χ3n) is 6.59. The van der Waals surface area contributed by atoms with Crippen molar-refractivity contribution in [1.82, 2.24) is 19.8 Å². The number of likely N-dealkylation sites (N-methyl/N-ethyl adjacent to an activating group) is 1. The molecule has 0 radical (unpaired) electrons. The molecule has 1 amide bonds. The zero-order chi connectivity index (χ0) is 22.2. The van der Waals surface area contributed by atoms with E-state index in [0.29, 0.717) is 17.9 Å².